The van der Waals surface area contributed by atoms with Crippen LogP contribution in [0.15, 0.2) is 37.3 Å². The van der Waals surface area contributed by atoms with E-state index >= 15 is 0 Å². The van der Waals surface area contributed by atoms with Crippen LogP contribution in [-0.4, -0.2) is 0 Å². The number of hydrogen-bond donors (Lipinski definition) is 0. The molecule has 0 N–H and O–H groups in total. The Morgan fingerprint density at radius 3 is 2.50 bits per heavy atom. The maximum Gasteiger partial charge on any atom is 0.100 e. The van der Waals surface area contributed by atoms with E-state index in [0.29, 0.717) is 0 Å². The molecule has 8 heavy (non-hydrogen) atoms. The van der Waals surface area contributed by atoms with Crippen molar-refractivity contribution in [3.8, 4) is 0 Å². The second-order valence-electron chi connectivity index (χ2n) is 1.30. The molecule has 0 rings (SSSR count). The molecule has 0 fully saturated rings. The molecule has 0 aromatic rings. The lowest BCUT2D eigenvalue weighted by molar-refractivity contribution is 0.355. The molecular weight excluding hydrogens is 100 g/mol. The summed E-state index contributed by atoms with van der Waals surface area (Å²) in [6.07, 6.45) is 4.82. The van der Waals surface area contributed by atoms with Gasteiger partial charge in [-0.25, -0.2) is 0 Å². The molecular formula is C7H10O. The highest BCUT2D eigenvalue weighted by Crippen LogP contribution is 1.93. The maximum atomic E-state index is 4.84. The van der Waals surface area contributed by atoms with Crippen molar-refractivity contribution in [1.29, 1.82) is 0 Å². The molecule has 0 aromatic carbocycles. The molecule has 0 atom stereocenters. The van der Waals surface area contributed by atoms with Crippen molar-refractivity contribution in [2.75, 3.05) is 0 Å². The standard InChI is InChI=1S/C7H10O/c1-4-6-7(3)8-5-2/h4-6H,1-2H2,3H3/b7-6-. The fourth-order valence-electron chi connectivity index (χ4n) is 0.337. The van der Waals surface area contributed by atoms with Crippen LogP contribution in [0.4, 0.5) is 0 Å². The minimum Gasteiger partial charge on any atom is -0.470 e. The molecule has 0 aliphatic rings. The van der Waals surface area contributed by atoms with Crippen LogP contribution < -0.4 is 0 Å². The minimum absolute atomic E-state index is 0.801. The zero-order valence-corrected chi connectivity index (χ0v) is 5.05. The van der Waals surface area contributed by atoms with Crippen molar-refractivity contribution in [2.24, 2.45) is 0 Å². The lowest BCUT2D eigenvalue weighted by Crippen LogP contribution is -1.73. The Bertz CT molecular complexity index is 112. The molecule has 0 aromatic heterocycles. The minimum atomic E-state index is 0.801. The fourth-order valence-corrected chi connectivity index (χ4v) is 0.337. The Balaban J connectivity index is 3.60. The average Bonchev–Trinajstić information content (AvgIpc) is 1.68. The largest absolute Gasteiger partial charge is 0.470 e. The second kappa shape index (κ2) is 4.19. The first-order valence-electron chi connectivity index (χ1n) is 2.38. The van der Waals surface area contributed by atoms with E-state index in [2.05, 4.69) is 13.2 Å². The molecule has 0 bridgehead atoms. The first-order valence-corrected chi connectivity index (χ1v) is 2.38. The van der Waals surface area contributed by atoms with Gasteiger partial charge in [0.25, 0.3) is 0 Å². The number of rotatable bonds is 3. The van der Waals surface area contributed by atoms with Crippen molar-refractivity contribution in [1.82, 2.24) is 0 Å². The van der Waals surface area contributed by atoms with Gasteiger partial charge in [-0.3, -0.25) is 0 Å². The molecule has 44 valence electrons. The first kappa shape index (κ1) is 7.02. The van der Waals surface area contributed by atoms with Crippen LogP contribution in [0.2, 0.25) is 0 Å². The molecule has 0 saturated carbocycles. The lowest BCUT2D eigenvalue weighted by Gasteiger charge is -1.93. The van der Waals surface area contributed by atoms with Crippen LogP contribution in [0.1, 0.15) is 6.92 Å². The van der Waals surface area contributed by atoms with E-state index in [1.165, 1.54) is 6.26 Å². The zero-order chi connectivity index (χ0) is 6.41. The third kappa shape index (κ3) is 3.22. The molecule has 0 radical (unpaired) electrons. The SMILES string of the molecule is C=C/C=C(/C)OC=C. The summed E-state index contributed by atoms with van der Waals surface area (Å²) in [5.74, 6) is 0.801. The third-order valence-corrected chi connectivity index (χ3v) is 0.622. The first-order chi connectivity index (χ1) is 3.81. The second-order valence-corrected chi connectivity index (χ2v) is 1.30. The predicted molar refractivity (Wildman–Crippen MR) is 35.2 cm³/mol. The molecule has 0 aliphatic heterocycles. The molecule has 0 heterocycles. The average molecular weight is 110 g/mol. The third-order valence-electron chi connectivity index (χ3n) is 0.622. The van der Waals surface area contributed by atoms with Crippen LogP contribution in [0.25, 0.3) is 0 Å². The van der Waals surface area contributed by atoms with Gasteiger partial charge in [0.15, 0.2) is 0 Å². The van der Waals surface area contributed by atoms with E-state index < -0.39 is 0 Å². The van der Waals surface area contributed by atoms with Crippen molar-refractivity contribution < 1.29 is 4.74 Å². The Labute approximate surface area is 50.0 Å². The van der Waals surface area contributed by atoms with Crippen LogP contribution in [0.3, 0.4) is 0 Å². The molecule has 0 aliphatic carbocycles. The Morgan fingerprint density at radius 2 is 2.12 bits per heavy atom. The van der Waals surface area contributed by atoms with E-state index in [1.807, 2.05) is 6.92 Å². The molecule has 1 heteroatoms. The highest BCUT2D eigenvalue weighted by atomic mass is 16.5. The number of ether oxygens (including phenoxy) is 1. The van der Waals surface area contributed by atoms with Crippen LogP contribution in [-0.2, 0) is 4.74 Å². The monoisotopic (exact) mass is 110 g/mol. The van der Waals surface area contributed by atoms with Crippen molar-refractivity contribution in [3.63, 3.8) is 0 Å². The Hall–Kier alpha value is -0.980. The maximum absolute atomic E-state index is 4.84. The summed E-state index contributed by atoms with van der Waals surface area (Å²) in [6, 6.07) is 0. The van der Waals surface area contributed by atoms with E-state index in [-0.39, 0.29) is 0 Å². The summed E-state index contributed by atoms with van der Waals surface area (Å²) < 4.78 is 4.84. The summed E-state index contributed by atoms with van der Waals surface area (Å²) in [6.45, 7) is 8.71. The number of allylic oxidation sites excluding steroid dienone is 3. The summed E-state index contributed by atoms with van der Waals surface area (Å²) >= 11 is 0. The van der Waals surface area contributed by atoms with Gasteiger partial charge in [0, 0.05) is 0 Å². The van der Waals surface area contributed by atoms with Gasteiger partial charge in [-0.05, 0) is 13.0 Å². The van der Waals surface area contributed by atoms with Gasteiger partial charge in [0.1, 0.15) is 5.76 Å². The van der Waals surface area contributed by atoms with Gasteiger partial charge in [-0.1, -0.05) is 19.2 Å². The van der Waals surface area contributed by atoms with E-state index in [9.17, 15) is 0 Å². The fraction of sp³-hybridized carbons (Fsp3) is 0.143. The van der Waals surface area contributed by atoms with E-state index in [4.69, 9.17) is 4.74 Å². The van der Waals surface area contributed by atoms with Crippen LogP contribution >= 0.6 is 0 Å². The molecule has 1 nitrogen and oxygen atoms in total. The van der Waals surface area contributed by atoms with Crippen molar-refractivity contribution in [2.45, 2.75) is 6.92 Å². The van der Waals surface area contributed by atoms with Gasteiger partial charge in [-0.15, -0.1) is 0 Å². The Morgan fingerprint density at radius 1 is 1.50 bits per heavy atom. The van der Waals surface area contributed by atoms with Crippen molar-refractivity contribution in [3.05, 3.63) is 37.3 Å². The smallest absolute Gasteiger partial charge is 0.100 e. The highest BCUT2D eigenvalue weighted by molar-refractivity contribution is 5.02. The molecule has 0 saturated heterocycles. The van der Waals surface area contributed by atoms with E-state index in [0.717, 1.165) is 5.76 Å². The zero-order valence-electron chi connectivity index (χ0n) is 5.05. The van der Waals surface area contributed by atoms with Crippen LogP contribution in [0, 0.1) is 0 Å². The summed E-state index contributed by atoms with van der Waals surface area (Å²) in [4.78, 5) is 0. The topological polar surface area (TPSA) is 9.23 Å². The van der Waals surface area contributed by atoms with E-state index in [1.54, 1.807) is 12.2 Å². The predicted octanol–water partition coefficient (Wildman–Crippen LogP) is 2.24. The lowest BCUT2D eigenvalue weighted by atomic mass is 10.5. The molecule has 0 spiro atoms. The van der Waals surface area contributed by atoms with Gasteiger partial charge >= 0.3 is 0 Å². The van der Waals surface area contributed by atoms with Gasteiger partial charge in [0.05, 0.1) is 6.26 Å². The van der Waals surface area contributed by atoms with Gasteiger partial charge in [0.2, 0.25) is 0 Å². The normalized spacial score (nSPS) is 10.4. The van der Waals surface area contributed by atoms with Crippen LogP contribution in [0.5, 0.6) is 0 Å². The molecule has 0 amide bonds. The Kier molecular flexibility index (Phi) is 3.67. The highest BCUT2D eigenvalue weighted by Gasteiger charge is 1.76. The van der Waals surface area contributed by atoms with Crippen molar-refractivity contribution >= 4 is 0 Å². The van der Waals surface area contributed by atoms with Gasteiger partial charge < -0.3 is 4.74 Å². The summed E-state index contributed by atoms with van der Waals surface area (Å²) in [5.41, 5.74) is 0. The molecule has 0 unspecified atom stereocenters. The number of hydrogen-bond acceptors (Lipinski definition) is 1. The summed E-state index contributed by atoms with van der Waals surface area (Å²) in [5, 5.41) is 0. The van der Waals surface area contributed by atoms with Gasteiger partial charge in [-0.2, -0.15) is 0 Å². The summed E-state index contributed by atoms with van der Waals surface area (Å²) in [7, 11) is 0. The quantitative estimate of drug-likeness (QED) is 0.400.